The predicted octanol–water partition coefficient (Wildman–Crippen LogP) is 2.54. The highest BCUT2D eigenvalue weighted by atomic mass is 35.5. The Hall–Kier alpha value is -1.52. The summed E-state index contributed by atoms with van der Waals surface area (Å²) in [6.45, 7) is 0. The molecule has 0 unspecified atom stereocenters. The van der Waals surface area contributed by atoms with E-state index in [0.717, 1.165) is 11.1 Å². The molecule has 4 nitrogen and oxygen atoms in total. The Morgan fingerprint density at radius 3 is 2.53 bits per heavy atom. The van der Waals surface area contributed by atoms with E-state index >= 15 is 0 Å². The van der Waals surface area contributed by atoms with Crippen molar-refractivity contribution < 1.29 is 0 Å². The summed E-state index contributed by atoms with van der Waals surface area (Å²) in [4.78, 5) is 7.80. The summed E-state index contributed by atoms with van der Waals surface area (Å²) in [5.41, 5.74) is 13.0. The molecule has 4 N–H and O–H groups in total. The van der Waals surface area contributed by atoms with Crippen molar-refractivity contribution >= 4 is 35.0 Å². The van der Waals surface area contributed by atoms with Crippen LogP contribution in [-0.2, 0) is 6.42 Å². The van der Waals surface area contributed by atoms with E-state index in [4.69, 9.17) is 34.7 Å². The van der Waals surface area contributed by atoms with E-state index < -0.39 is 0 Å². The number of benzene rings is 1. The van der Waals surface area contributed by atoms with E-state index in [-0.39, 0.29) is 5.95 Å². The van der Waals surface area contributed by atoms with Gasteiger partial charge in [-0.15, -0.1) is 0 Å². The number of rotatable bonds is 2. The number of halogens is 2. The van der Waals surface area contributed by atoms with Gasteiger partial charge in [-0.05, 0) is 17.7 Å². The van der Waals surface area contributed by atoms with Crippen molar-refractivity contribution in [2.24, 2.45) is 0 Å². The summed E-state index contributed by atoms with van der Waals surface area (Å²) in [5.74, 6) is 0.545. The van der Waals surface area contributed by atoms with E-state index in [9.17, 15) is 0 Å². The molecule has 0 aliphatic heterocycles. The van der Waals surface area contributed by atoms with Crippen LogP contribution in [0.5, 0.6) is 0 Å². The first-order valence-electron chi connectivity index (χ1n) is 4.87. The molecule has 0 bridgehead atoms. The zero-order valence-electron chi connectivity index (χ0n) is 8.82. The quantitative estimate of drug-likeness (QED) is 0.878. The molecule has 2 rings (SSSR count). The lowest BCUT2D eigenvalue weighted by atomic mass is 10.1. The number of nitrogen functional groups attached to an aromatic ring is 2. The highest BCUT2D eigenvalue weighted by Crippen LogP contribution is 2.24. The highest BCUT2D eigenvalue weighted by molar-refractivity contribution is 6.42. The molecular formula is C11H10Cl2N4. The number of hydrogen-bond acceptors (Lipinski definition) is 4. The van der Waals surface area contributed by atoms with E-state index in [1.54, 1.807) is 18.3 Å². The molecule has 2 aromatic rings. The normalized spacial score (nSPS) is 10.5. The van der Waals surface area contributed by atoms with Crippen LogP contribution < -0.4 is 11.5 Å². The van der Waals surface area contributed by atoms with Crippen molar-refractivity contribution in [1.29, 1.82) is 0 Å². The Morgan fingerprint density at radius 1 is 1.12 bits per heavy atom. The predicted molar refractivity (Wildman–Crippen MR) is 70.1 cm³/mol. The zero-order chi connectivity index (χ0) is 12.4. The number of anilines is 2. The fraction of sp³-hybridized carbons (Fsp3) is 0.0909. The summed E-state index contributed by atoms with van der Waals surface area (Å²) in [7, 11) is 0. The van der Waals surface area contributed by atoms with Crippen LogP contribution in [0.25, 0.3) is 0 Å². The second kappa shape index (κ2) is 4.77. The molecule has 6 heteroatoms. The van der Waals surface area contributed by atoms with E-state index in [2.05, 4.69) is 9.97 Å². The lowest BCUT2D eigenvalue weighted by Gasteiger charge is -2.06. The summed E-state index contributed by atoms with van der Waals surface area (Å²) < 4.78 is 0. The fourth-order valence-corrected chi connectivity index (χ4v) is 1.76. The van der Waals surface area contributed by atoms with Gasteiger partial charge in [0.15, 0.2) is 0 Å². The average molecular weight is 269 g/mol. The second-order valence-electron chi connectivity index (χ2n) is 3.56. The van der Waals surface area contributed by atoms with Crippen LogP contribution in [0, 0.1) is 0 Å². The Labute approximate surface area is 109 Å². The highest BCUT2D eigenvalue weighted by Gasteiger charge is 2.05. The van der Waals surface area contributed by atoms with E-state index in [1.807, 2.05) is 6.07 Å². The van der Waals surface area contributed by atoms with Crippen molar-refractivity contribution in [2.75, 3.05) is 11.5 Å². The van der Waals surface area contributed by atoms with Crippen molar-refractivity contribution in [3.63, 3.8) is 0 Å². The van der Waals surface area contributed by atoms with Gasteiger partial charge in [0.05, 0.1) is 10.0 Å². The molecule has 17 heavy (non-hydrogen) atoms. The summed E-state index contributed by atoms with van der Waals surface area (Å²) in [6, 6.07) is 5.41. The third-order valence-corrected chi connectivity index (χ3v) is 3.03. The van der Waals surface area contributed by atoms with Crippen LogP contribution in [0.2, 0.25) is 10.0 Å². The van der Waals surface area contributed by atoms with Gasteiger partial charge in [-0.2, -0.15) is 4.98 Å². The minimum absolute atomic E-state index is 0.167. The van der Waals surface area contributed by atoms with Crippen LogP contribution in [0.1, 0.15) is 11.1 Å². The molecule has 88 valence electrons. The molecule has 0 aliphatic rings. The minimum atomic E-state index is 0.167. The third-order valence-electron chi connectivity index (χ3n) is 2.30. The van der Waals surface area contributed by atoms with E-state index in [0.29, 0.717) is 22.3 Å². The van der Waals surface area contributed by atoms with Crippen LogP contribution >= 0.6 is 23.2 Å². The fourth-order valence-electron chi connectivity index (χ4n) is 1.44. The summed E-state index contributed by atoms with van der Waals surface area (Å²) >= 11 is 11.8. The van der Waals surface area contributed by atoms with Gasteiger partial charge in [-0.1, -0.05) is 29.3 Å². The van der Waals surface area contributed by atoms with Gasteiger partial charge in [0.1, 0.15) is 5.82 Å². The van der Waals surface area contributed by atoms with Crippen molar-refractivity contribution in [2.45, 2.75) is 6.42 Å². The van der Waals surface area contributed by atoms with Gasteiger partial charge in [0, 0.05) is 18.2 Å². The maximum absolute atomic E-state index is 5.93. The zero-order valence-corrected chi connectivity index (χ0v) is 10.3. The number of nitrogens with two attached hydrogens (primary N) is 2. The molecule has 0 fully saturated rings. The van der Waals surface area contributed by atoms with Crippen molar-refractivity contribution in [3.05, 3.63) is 45.6 Å². The molecule has 1 heterocycles. The lowest BCUT2D eigenvalue weighted by Crippen LogP contribution is -2.04. The monoisotopic (exact) mass is 268 g/mol. The topological polar surface area (TPSA) is 77.8 Å². The van der Waals surface area contributed by atoms with Gasteiger partial charge in [0.2, 0.25) is 5.95 Å². The van der Waals surface area contributed by atoms with Crippen LogP contribution in [0.4, 0.5) is 11.8 Å². The number of hydrogen-bond donors (Lipinski definition) is 2. The van der Waals surface area contributed by atoms with Crippen LogP contribution in [-0.4, -0.2) is 9.97 Å². The maximum atomic E-state index is 5.93. The summed E-state index contributed by atoms with van der Waals surface area (Å²) in [6.07, 6.45) is 2.20. The SMILES string of the molecule is Nc1ncc(Cc2ccc(Cl)c(Cl)c2)c(N)n1. The first-order valence-corrected chi connectivity index (χ1v) is 5.62. The standard InChI is InChI=1S/C11H10Cl2N4/c12-8-2-1-6(4-9(8)13)3-7-5-16-11(15)17-10(7)14/h1-2,4-5H,3H2,(H4,14,15,16,17). The molecule has 0 aliphatic carbocycles. The third kappa shape index (κ3) is 2.78. The molecule has 0 atom stereocenters. The first-order chi connectivity index (χ1) is 8.06. The minimum Gasteiger partial charge on any atom is -0.383 e. The number of aromatic nitrogens is 2. The van der Waals surface area contributed by atoms with Gasteiger partial charge < -0.3 is 11.5 Å². The molecule has 0 saturated heterocycles. The Balaban J connectivity index is 2.28. The molecule has 0 radical (unpaired) electrons. The number of nitrogens with zero attached hydrogens (tertiary/aromatic N) is 2. The molecule has 1 aromatic heterocycles. The van der Waals surface area contributed by atoms with Crippen LogP contribution in [0.3, 0.4) is 0 Å². The maximum Gasteiger partial charge on any atom is 0.221 e. The van der Waals surface area contributed by atoms with Crippen molar-refractivity contribution in [1.82, 2.24) is 9.97 Å². The van der Waals surface area contributed by atoms with Gasteiger partial charge in [0.25, 0.3) is 0 Å². The second-order valence-corrected chi connectivity index (χ2v) is 4.38. The molecule has 0 amide bonds. The van der Waals surface area contributed by atoms with E-state index in [1.165, 1.54) is 0 Å². The van der Waals surface area contributed by atoms with Gasteiger partial charge in [-0.25, -0.2) is 4.98 Å². The van der Waals surface area contributed by atoms with Crippen LogP contribution in [0.15, 0.2) is 24.4 Å². The largest absolute Gasteiger partial charge is 0.383 e. The first kappa shape index (κ1) is 12.0. The lowest BCUT2D eigenvalue weighted by molar-refractivity contribution is 1.09. The summed E-state index contributed by atoms with van der Waals surface area (Å²) in [5, 5.41) is 1.04. The molecular weight excluding hydrogens is 259 g/mol. The molecule has 0 saturated carbocycles. The van der Waals surface area contributed by atoms with Gasteiger partial charge >= 0.3 is 0 Å². The smallest absolute Gasteiger partial charge is 0.221 e. The van der Waals surface area contributed by atoms with Gasteiger partial charge in [-0.3, -0.25) is 0 Å². The Bertz CT molecular complexity index is 557. The molecule has 1 aromatic carbocycles. The average Bonchev–Trinajstić information content (AvgIpc) is 2.27. The molecule has 0 spiro atoms. The Kier molecular flexibility index (Phi) is 3.36. The van der Waals surface area contributed by atoms with Crippen molar-refractivity contribution in [3.8, 4) is 0 Å². The Morgan fingerprint density at radius 2 is 1.88 bits per heavy atom.